The van der Waals surface area contributed by atoms with E-state index in [4.69, 9.17) is 0 Å². The van der Waals surface area contributed by atoms with E-state index in [9.17, 15) is 4.79 Å². The maximum Gasteiger partial charge on any atom is 0.265 e. The van der Waals surface area contributed by atoms with Gasteiger partial charge in [0.15, 0.2) is 0 Å². The minimum absolute atomic E-state index is 0.154. The topological polar surface area (TPSA) is 32.3 Å². The van der Waals surface area contributed by atoms with E-state index in [0.29, 0.717) is 6.04 Å². The van der Waals surface area contributed by atoms with Crippen molar-refractivity contribution in [3.63, 3.8) is 0 Å². The van der Waals surface area contributed by atoms with Gasteiger partial charge in [-0.25, -0.2) is 0 Å². The average Bonchev–Trinajstić information content (AvgIpc) is 2.74. The van der Waals surface area contributed by atoms with E-state index in [0.717, 1.165) is 35.3 Å². The van der Waals surface area contributed by atoms with Gasteiger partial charge >= 0.3 is 0 Å². The van der Waals surface area contributed by atoms with Crippen LogP contribution < -0.4 is 5.32 Å². The van der Waals surface area contributed by atoms with Crippen LogP contribution in [0.2, 0.25) is 0 Å². The number of halogens is 1. The molecular formula is C11H15BrN2OS. The van der Waals surface area contributed by atoms with Gasteiger partial charge in [0.2, 0.25) is 0 Å². The molecule has 0 aliphatic carbocycles. The summed E-state index contributed by atoms with van der Waals surface area (Å²) >= 11 is 4.91. The van der Waals surface area contributed by atoms with Crippen LogP contribution in [0.4, 0.5) is 0 Å². The van der Waals surface area contributed by atoms with E-state index in [1.807, 2.05) is 23.4 Å². The van der Waals surface area contributed by atoms with Crippen LogP contribution in [0.15, 0.2) is 15.9 Å². The van der Waals surface area contributed by atoms with E-state index in [2.05, 4.69) is 21.2 Å². The zero-order valence-electron chi connectivity index (χ0n) is 9.20. The summed E-state index contributed by atoms with van der Waals surface area (Å²) in [5.74, 6) is 0.154. The quantitative estimate of drug-likeness (QED) is 0.909. The van der Waals surface area contributed by atoms with Gasteiger partial charge in [-0.05, 0) is 47.3 Å². The molecule has 16 heavy (non-hydrogen) atoms. The first-order chi connectivity index (χ1) is 7.72. The van der Waals surface area contributed by atoms with Crippen LogP contribution in [0.1, 0.15) is 22.5 Å². The zero-order chi connectivity index (χ0) is 11.5. The van der Waals surface area contributed by atoms with Crippen LogP contribution >= 0.6 is 27.3 Å². The largest absolute Gasteiger partial charge is 0.336 e. The lowest BCUT2D eigenvalue weighted by molar-refractivity contribution is 0.0702. The molecule has 5 heteroatoms. The first-order valence-corrected chi connectivity index (χ1v) is 7.09. The Labute approximate surface area is 108 Å². The molecule has 3 nitrogen and oxygen atoms in total. The first kappa shape index (κ1) is 12.1. The van der Waals surface area contributed by atoms with E-state index < -0.39 is 0 Å². The maximum atomic E-state index is 12.2. The molecular weight excluding hydrogens is 288 g/mol. The summed E-state index contributed by atoms with van der Waals surface area (Å²) in [5.41, 5.74) is 0. The standard InChI is InChI=1S/C11H15BrN2OS/c1-13-8-3-2-5-14(7-8)11(15)10-9(12)4-6-16-10/h4,6,8,13H,2-3,5,7H2,1H3. The molecule has 0 radical (unpaired) electrons. The summed E-state index contributed by atoms with van der Waals surface area (Å²) < 4.78 is 0.911. The van der Waals surface area contributed by atoms with Crippen LogP contribution in [0, 0.1) is 0 Å². The molecule has 88 valence electrons. The first-order valence-electron chi connectivity index (χ1n) is 5.42. The number of amides is 1. The molecule has 2 rings (SSSR count). The molecule has 1 fully saturated rings. The number of rotatable bonds is 2. The third-order valence-corrected chi connectivity index (χ3v) is 4.75. The van der Waals surface area contributed by atoms with Gasteiger partial charge < -0.3 is 10.2 Å². The Balaban J connectivity index is 2.07. The van der Waals surface area contributed by atoms with E-state index in [1.165, 1.54) is 11.3 Å². The molecule has 1 amide bonds. The minimum Gasteiger partial charge on any atom is -0.336 e. The smallest absolute Gasteiger partial charge is 0.265 e. The molecule has 2 heterocycles. The zero-order valence-corrected chi connectivity index (χ0v) is 11.6. The van der Waals surface area contributed by atoms with Crippen LogP contribution in [-0.2, 0) is 0 Å². The lowest BCUT2D eigenvalue weighted by Gasteiger charge is -2.32. The maximum absolute atomic E-state index is 12.2. The Morgan fingerprint density at radius 1 is 1.69 bits per heavy atom. The number of hydrogen-bond donors (Lipinski definition) is 1. The van der Waals surface area contributed by atoms with E-state index in [-0.39, 0.29) is 5.91 Å². The highest BCUT2D eigenvalue weighted by molar-refractivity contribution is 9.10. The second kappa shape index (κ2) is 5.29. The van der Waals surface area contributed by atoms with Gasteiger partial charge in [-0.3, -0.25) is 4.79 Å². The Hall–Kier alpha value is -0.390. The number of nitrogens with zero attached hydrogens (tertiary/aromatic N) is 1. The molecule has 1 saturated heterocycles. The van der Waals surface area contributed by atoms with Gasteiger partial charge in [0, 0.05) is 23.6 Å². The molecule has 1 atom stereocenters. The van der Waals surface area contributed by atoms with Crippen LogP contribution in [0.5, 0.6) is 0 Å². The minimum atomic E-state index is 0.154. The summed E-state index contributed by atoms with van der Waals surface area (Å²) in [6.07, 6.45) is 2.24. The molecule has 1 aliphatic heterocycles. The van der Waals surface area contributed by atoms with Crippen molar-refractivity contribution in [3.8, 4) is 0 Å². The number of thiophene rings is 1. The summed E-state index contributed by atoms with van der Waals surface area (Å²) in [6.45, 7) is 1.70. The van der Waals surface area contributed by atoms with Crippen molar-refractivity contribution < 1.29 is 4.79 Å². The van der Waals surface area contributed by atoms with Gasteiger partial charge in [0.25, 0.3) is 5.91 Å². The molecule has 1 aliphatic rings. The van der Waals surface area contributed by atoms with Crippen molar-refractivity contribution in [1.82, 2.24) is 10.2 Å². The highest BCUT2D eigenvalue weighted by Gasteiger charge is 2.25. The van der Waals surface area contributed by atoms with Crippen molar-refractivity contribution in [1.29, 1.82) is 0 Å². The Morgan fingerprint density at radius 3 is 3.12 bits per heavy atom. The van der Waals surface area contributed by atoms with E-state index in [1.54, 1.807) is 0 Å². The lowest BCUT2D eigenvalue weighted by atomic mass is 10.1. The molecule has 1 aromatic rings. The Morgan fingerprint density at radius 2 is 2.50 bits per heavy atom. The number of nitrogens with one attached hydrogen (secondary N) is 1. The van der Waals surface area contributed by atoms with Crippen LogP contribution in [0.25, 0.3) is 0 Å². The number of hydrogen-bond acceptors (Lipinski definition) is 3. The average molecular weight is 303 g/mol. The Kier molecular flexibility index (Phi) is 4.00. The van der Waals surface area contributed by atoms with Gasteiger partial charge in [-0.1, -0.05) is 0 Å². The van der Waals surface area contributed by atoms with Gasteiger partial charge in [-0.15, -0.1) is 11.3 Å². The van der Waals surface area contributed by atoms with Gasteiger partial charge in [0.1, 0.15) is 4.88 Å². The monoisotopic (exact) mass is 302 g/mol. The fourth-order valence-electron chi connectivity index (χ4n) is 1.99. The molecule has 1 aromatic heterocycles. The van der Waals surface area contributed by atoms with Crippen molar-refractivity contribution in [2.24, 2.45) is 0 Å². The number of piperidine rings is 1. The summed E-state index contributed by atoms with van der Waals surface area (Å²) in [5, 5.41) is 5.19. The predicted octanol–water partition coefficient (Wildman–Crippen LogP) is 2.33. The fourth-order valence-corrected chi connectivity index (χ4v) is 3.50. The lowest BCUT2D eigenvalue weighted by Crippen LogP contribution is -2.46. The van der Waals surface area contributed by atoms with Gasteiger partial charge in [0.05, 0.1) is 0 Å². The number of carbonyl (C=O) groups is 1. The van der Waals surface area contributed by atoms with Gasteiger partial charge in [-0.2, -0.15) is 0 Å². The summed E-state index contributed by atoms with van der Waals surface area (Å²) in [4.78, 5) is 15.0. The normalized spacial score (nSPS) is 21.1. The molecule has 1 N–H and O–H groups in total. The fraction of sp³-hybridized carbons (Fsp3) is 0.545. The molecule has 0 saturated carbocycles. The molecule has 0 aromatic carbocycles. The summed E-state index contributed by atoms with van der Waals surface area (Å²) in [6, 6.07) is 2.37. The van der Waals surface area contributed by atoms with Crippen LogP contribution in [0.3, 0.4) is 0 Å². The molecule has 0 spiro atoms. The van der Waals surface area contributed by atoms with Crippen molar-refractivity contribution in [3.05, 3.63) is 20.8 Å². The highest BCUT2D eigenvalue weighted by Crippen LogP contribution is 2.25. The SMILES string of the molecule is CNC1CCCN(C(=O)c2sccc2Br)C1. The Bertz CT molecular complexity index is 380. The number of likely N-dealkylation sites (N-methyl/N-ethyl adjacent to an activating group) is 1. The second-order valence-electron chi connectivity index (χ2n) is 3.98. The molecule has 0 bridgehead atoms. The van der Waals surface area contributed by atoms with Crippen molar-refractivity contribution in [2.45, 2.75) is 18.9 Å². The molecule has 1 unspecified atom stereocenters. The second-order valence-corrected chi connectivity index (χ2v) is 5.75. The van der Waals surface area contributed by atoms with E-state index >= 15 is 0 Å². The van der Waals surface area contributed by atoms with Crippen molar-refractivity contribution >= 4 is 33.2 Å². The third kappa shape index (κ3) is 2.47. The number of likely N-dealkylation sites (tertiary alicyclic amines) is 1. The van der Waals surface area contributed by atoms with Crippen LogP contribution in [-0.4, -0.2) is 37.0 Å². The number of carbonyl (C=O) groups excluding carboxylic acids is 1. The third-order valence-electron chi connectivity index (χ3n) is 2.93. The predicted molar refractivity (Wildman–Crippen MR) is 70.0 cm³/mol. The summed E-state index contributed by atoms with van der Waals surface area (Å²) in [7, 11) is 1.96. The highest BCUT2D eigenvalue weighted by atomic mass is 79.9. The van der Waals surface area contributed by atoms with Crippen molar-refractivity contribution in [2.75, 3.05) is 20.1 Å².